The van der Waals surface area contributed by atoms with Crippen molar-refractivity contribution in [3.63, 3.8) is 0 Å². The fourth-order valence-corrected chi connectivity index (χ4v) is 3.60. The number of esters is 1. The number of unbranched alkanes of at least 4 members (excludes halogenated alkanes) is 1. The molecule has 0 unspecified atom stereocenters. The summed E-state index contributed by atoms with van der Waals surface area (Å²) in [6, 6.07) is 20.2. The molecule has 32 heavy (non-hydrogen) atoms. The molecule has 0 aliphatic rings. The Hall–Kier alpha value is -3.32. The Labute approximate surface area is 191 Å². The van der Waals surface area contributed by atoms with Crippen molar-refractivity contribution in [2.45, 2.75) is 19.8 Å². The molecule has 0 aliphatic heterocycles. The van der Waals surface area contributed by atoms with Crippen LogP contribution in [-0.4, -0.2) is 35.9 Å². The second-order valence-corrected chi connectivity index (χ2v) is 8.20. The van der Waals surface area contributed by atoms with Crippen LogP contribution in [0.15, 0.2) is 66.7 Å². The number of thioether (sulfide) groups is 1. The predicted octanol–water partition coefficient (Wildman–Crippen LogP) is 5.11. The number of carbonyl (C=O) groups excluding carboxylic acids is 3. The third-order valence-electron chi connectivity index (χ3n) is 4.63. The molecule has 0 saturated heterocycles. The summed E-state index contributed by atoms with van der Waals surface area (Å²) in [7, 11) is 0. The number of hydrogen-bond acceptors (Lipinski definition) is 5. The topological polar surface area (TPSA) is 84.5 Å². The zero-order chi connectivity index (χ0) is 22.8. The van der Waals surface area contributed by atoms with Gasteiger partial charge in [-0.1, -0.05) is 43.7 Å². The molecule has 3 aromatic rings. The van der Waals surface area contributed by atoms with Crippen molar-refractivity contribution in [1.82, 2.24) is 0 Å². The van der Waals surface area contributed by atoms with Crippen molar-refractivity contribution in [1.29, 1.82) is 0 Å². The molecule has 0 radical (unpaired) electrons. The average Bonchev–Trinajstić information content (AvgIpc) is 2.79. The molecule has 3 rings (SSSR count). The maximum atomic E-state index is 12.2. The van der Waals surface area contributed by atoms with E-state index < -0.39 is 0 Å². The van der Waals surface area contributed by atoms with E-state index in [-0.39, 0.29) is 29.3 Å². The largest absolute Gasteiger partial charge is 0.462 e. The van der Waals surface area contributed by atoms with E-state index in [1.54, 1.807) is 24.3 Å². The van der Waals surface area contributed by atoms with Gasteiger partial charge >= 0.3 is 5.97 Å². The first kappa shape index (κ1) is 23.3. The highest BCUT2D eigenvalue weighted by Crippen LogP contribution is 2.19. The SMILES string of the molecule is CCCCOC(=O)c1ccc(NC(=O)CSCC(=O)Nc2ccc3ccccc3c2)cc1. The van der Waals surface area contributed by atoms with Crippen LogP contribution in [0.4, 0.5) is 11.4 Å². The second kappa shape index (κ2) is 11.9. The Morgan fingerprint density at radius 1 is 0.812 bits per heavy atom. The van der Waals surface area contributed by atoms with Gasteiger partial charge in [0.25, 0.3) is 0 Å². The molecule has 0 atom stereocenters. The number of ether oxygens (including phenoxy) is 1. The third-order valence-corrected chi connectivity index (χ3v) is 5.57. The van der Waals surface area contributed by atoms with Crippen LogP contribution in [0.2, 0.25) is 0 Å². The smallest absolute Gasteiger partial charge is 0.338 e. The van der Waals surface area contributed by atoms with Crippen molar-refractivity contribution in [2.24, 2.45) is 0 Å². The minimum atomic E-state index is -0.371. The highest BCUT2D eigenvalue weighted by Gasteiger charge is 2.09. The highest BCUT2D eigenvalue weighted by atomic mass is 32.2. The van der Waals surface area contributed by atoms with Gasteiger partial charge in [0.1, 0.15) is 0 Å². The summed E-state index contributed by atoms with van der Waals surface area (Å²) in [5, 5.41) is 7.78. The molecule has 0 spiro atoms. The van der Waals surface area contributed by atoms with E-state index in [0.717, 1.165) is 29.3 Å². The molecule has 3 aromatic carbocycles. The first-order chi connectivity index (χ1) is 15.5. The summed E-state index contributed by atoms with van der Waals surface area (Å²) < 4.78 is 5.16. The zero-order valence-corrected chi connectivity index (χ0v) is 18.7. The molecular weight excluding hydrogens is 424 g/mol. The Balaban J connectivity index is 1.39. The van der Waals surface area contributed by atoms with Gasteiger partial charge in [-0.15, -0.1) is 11.8 Å². The van der Waals surface area contributed by atoms with Crippen LogP contribution in [-0.2, 0) is 14.3 Å². The van der Waals surface area contributed by atoms with Gasteiger partial charge in [0.2, 0.25) is 11.8 Å². The van der Waals surface area contributed by atoms with Crippen LogP contribution in [0.1, 0.15) is 30.1 Å². The van der Waals surface area contributed by atoms with Gasteiger partial charge in [0.15, 0.2) is 0 Å². The van der Waals surface area contributed by atoms with Crippen molar-refractivity contribution in [3.05, 3.63) is 72.3 Å². The Morgan fingerprint density at radius 3 is 2.12 bits per heavy atom. The van der Waals surface area contributed by atoms with E-state index in [1.165, 1.54) is 11.8 Å². The first-order valence-electron chi connectivity index (χ1n) is 10.5. The summed E-state index contributed by atoms with van der Waals surface area (Å²) >= 11 is 1.23. The van der Waals surface area contributed by atoms with Crippen LogP contribution in [0.25, 0.3) is 10.8 Å². The summed E-state index contributed by atoms with van der Waals surface area (Å²) in [5.41, 5.74) is 1.76. The molecule has 0 heterocycles. The van der Waals surface area contributed by atoms with Gasteiger partial charge in [0.05, 0.1) is 23.7 Å². The third kappa shape index (κ3) is 7.13. The average molecular weight is 451 g/mol. The lowest BCUT2D eigenvalue weighted by molar-refractivity contribution is -0.114. The number of benzene rings is 3. The maximum absolute atomic E-state index is 12.2. The standard InChI is InChI=1S/C25H26N2O4S/c1-2-3-14-31-25(30)19-9-11-21(12-10-19)26-23(28)16-32-17-24(29)27-22-13-8-18-6-4-5-7-20(18)15-22/h4-13,15H,2-3,14,16-17H2,1H3,(H,26,28)(H,27,29). The second-order valence-electron chi connectivity index (χ2n) is 7.22. The number of amides is 2. The van der Waals surface area contributed by atoms with E-state index in [9.17, 15) is 14.4 Å². The van der Waals surface area contributed by atoms with E-state index in [4.69, 9.17) is 4.74 Å². The van der Waals surface area contributed by atoms with Crippen LogP contribution in [0.3, 0.4) is 0 Å². The molecule has 0 saturated carbocycles. The van der Waals surface area contributed by atoms with Crippen molar-refractivity contribution in [2.75, 3.05) is 28.7 Å². The quantitative estimate of drug-likeness (QED) is 0.331. The molecule has 0 aromatic heterocycles. The van der Waals surface area contributed by atoms with E-state index in [2.05, 4.69) is 10.6 Å². The monoisotopic (exact) mass is 450 g/mol. The molecule has 0 bridgehead atoms. The van der Waals surface area contributed by atoms with Crippen molar-refractivity contribution < 1.29 is 19.1 Å². The van der Waals surface area contributed by atoms with Crippen molar-refractivity contribution >= 4 is 51.7 Å². The summed E-state index contributed by atoms with van der Waals surface area (Å²) in [6.45, 7) is 2.43. The number of fused-ring (bicyclic) bond motifs is 1. The molecular formula is C25H26N2O4S. The predicted molar refractivity (Wildman–Crippen MR) is 130 cm³/mol. The zero-order valence-electron chi connectivity index (χ0n) is 17.9. The molecule has 6 nitrogen and oxygen atoms in total. The van der Waals surface area contributed by atoms with Crippen molar-refractivity contribution in [3.8, 4) is 0 Å². The fourth-order valence-electron chi connectivity index (χ4n) is 2.98. The van der Waals surface area contributed by atoms with E-state index >= 15 is 0 Å². The van der Waals surface area contributed by atoms with Crippen LogP contribution >= 0.6 is 11.8 Å². The Morgan fingerprint density at radius 2 is 1.44 bits per heavy atom. The summed E-state index contributed by atoms with van der Waals surface area (Å²) in [5.74, 6) is -0.436. The first-order valence-corrected chi connectivity index (χ1v) is 11.6. The summed E-state index contributed by atoms with van der Waals surface area (Å²) in [4.78, 5) is 36.2. The van der Waals surface area contributed by atoms with Gasteiger partial charge in [-0.25, -0.2) is 4.79 Å². The maximum Gasteiger partial charge on any atom is 0.338 e. The lowest BCUT2D eigenvalue weighted by atomic mass is 10.1. The van der Waals surface area contributed by atoms with Gasteiger partial charge < -0.3 is 15.4 Å². The minimum absolute atomic E-state index is 0.145. The fraction of sp³-hybridized carbons (Fsp3) is 0.240. The number of hydrogen-bond donors (Lipinski definition) is 2. The van der Waals surface area contributed by atoms with Gasteiger partial charge in [0, 0.05) is 11.4 Å². The van der Waals surface area contributed by atoms with Gasteiger partial charge in [-0.2, -0.15) is 0 Å². The number of rotatable bonds is 10. The highest BCUT2D eigenvalue weighted by molar-refractivity contribution is 8.00. The molecule has 7 heteroatoms. The van der Waals surface area contributed by atoms with Crippen LogP contribution < -0.4 is 10.6 Å². The molecule has 166 valence electrons. The summed E-state index contributed by atoms with van der Waals surface area (Å²) in [6.07, 6.45) is 1.79. The van der Waals surface area contributed by atoms with Gasteiger partial charge in [-0.3, -0.25) is 9.59 Å². The number of carbonyl (C=O) groups is 3. The number of anilines is 2. The molecule has 2 amide bonds. The molecule has 2 N–H and O–H groups in total. The van der Waals surface area contributed by atoms with Crippen LogP contribution in [0, 0.1) is 0 Å². The lowest BCUT2D eigenvalue weighted by Gasteiger charge is -2.08. The molecule has 0 aliphatic carbocycles. The Kier molecular flexibility index (Phi) is 8.69. The van der Waals surface area contributed by atoms with E-state index in [0.29, 0.717) is 17.9 Å². The Bertz CT molecular complexity index is 1080. The normalized spacial score (nSPS) is 10.5. The van der Waals surface area contributed by atoms with Crippen LogP contribution in [0.5, 0.6) is 0 Å². The number of nitrogens with one attached hydrogen (secondary N) is 2. The van der Waals surface area contributed by atoms with E-state index in [1.807, 2.05) is 49.4 Å². The minimum Gasteiger partial charge on any atom is -0.462 e. The van der Waals surface area contributed by atoms with Gasteiger partial charge in [-0.05, 0) is 53.6 Å². The lowest BCUT2D eigenvalue weighted by Crippen LogP contribution is -2.18. The molecule has 0 fully saturated rings.